The van der Waals surface area contributed by atoms with E-state index in [0.717, 1.165) is 21.5 Å². The summed E-state index contributed by atoms with van der Waals surface area (Å²) in [5, 5.41) is 13.6. The monoisotopic (exact) mass is 441 g/mol. The minimum Gasteiger partial charge on any atom is -0.453 e. The van der Waals surface area contributed by atoms with Crippen molar-refractivity contribution in [3.8, 4) is 11.6 Å². The van der Waals surface area contributed by atoms with Gasteiger partial charge in [-0.25, -0.2) is 4.98 Å². The predicted octanol–water partition coefficient (Wildman–Crippen LogP) is 5.46. The highest BCUT2D eigenvalue weighted by atomic mass is 32.2. The van der Waals surface area contributed by atoms with Gasteiger partial charge in [0.05, 0.1) is 10.9 Å². The fourth-order valence-electron chi connectivity index (χ4n) is 3.03. The maximum absolute atomic E-state index is 12.7. The second-order valence-electron chi connectivity index (χ2n) is 7.33. The number of furan rings is 1. The number of aromatic nitrogens is 4. The molecule has 0 aliphatic carbocycles. The van der Waals surface area contributed by atoms with E-state index in [1.807, 2.05) is 55.7 Å². The summed E-state index contributed by atoms with van der Waals surface area (Å²) in [6.07, 6.45) is 0. The quantitative estimate of drug-likeness (QED) is 0.400. The molecular formula is C21H23N5O2S2. The number of aryl methyl sites for hydroxylation is 2. The molecule has 3 heterocycles. The number of carbonyl (C=O) groups excluding carboxylic acids is 1. The summed E-state index contributed by atoms with van der Waals surface area (Å²) in [6.45, 7) is 9.90. The van der Waals surface area contributed by atoms with Crippen LogP contribution in [0.1, 0.15) is 37.4 Å². The van der Waals surface area contributed by atoms with Gasteiger partial charge in [-0.3, -0.25) is 9.36 Å². The third kappa shape index (κ3) is 3.99. The van der Waals surface area contributed by atoms with Gasteiger partial charge in [0, 0.05) is 16.3 Å². The smallest absolute Gasteiger partial charge is 0.239 e. The Balaban J connectivity index is 1.57. The van der Waals surface area contributed by atoms with Crippen LogP contribution in [-0.2, 0) is 4.79 Å². The number of anilines is 1. The van der Waals surface area contributed by atoms with Gasteiger partial charge in [0.2, 0.25) is 11.7 Å². The third-order valence-corrected chi connectivity index (χ3v) is 6.78. The number of nitrogens with zero attached hydrogens (tertiary/aromatic N) is 4. The SMILES string of the molecule is Cc1nc(NC(=O)[C@@H](C)Sc2nnc(-c3cc4ccccc4o3)n2C(C)C)sc1C. The zero-order chi connectivity index (χ0) is 21.4. The molecule has 4 rings (SSSR count). The average molecular weight is 442 g/mol. The molecule has 9 heteroatoms. The predicted molar refractivity (Wildman–Crippen MR) is 121 cm³/mol. The summed E-state index contributed by atoms with van der Waals surface area (Å²) in [6, 6.07) is 9.92. The van der Waals surface area contributed by atoms with Gasteiger partial charge < -0.3 is 9.73 Å². The maximum atomic E-state index is 12.7. The number of rotatable bonds is 6. The molecule has 4 aromatic rings. The molecule has 0 bridgehead atoms. The Morgan fingerprint density at radius 1 is 1.20 bits per heavy atom. The molecule has 156 valence electrons. The lowest BCUT2D eigenvalue weighted by Gasteiger charge is -2.15. The van der Waals surface area contributed by atoms with Crippen LogP contribution in [0.4, 0.5) is 5.13 Å². The largest absolute Gasteiger partial charge is 0.453 e. The summed E-state index contributed by atoms with van der Waals surface area (Å²) in [5.41, 5.74) is 1.74. The number of thiazole rings is 1. The number of fused-ring (bicyclic) bond motifs is 1. The van der Waals surface area contributed by atoms with Crippen molar-refractivity contribution in [2.75, 3.05) is 5.32 Å². The van der Waals surface area contributed by atoms with Crippen LogP contribution >= 0.6 is 23.1 Å². The number of benzene rings is 1. The lowest BCUT2D eigenvalue weighted by Crippen LogP contribution is -2.23. The van der Waals surface area contributed by atoms with Crippen LogP contribution in [-0.4, -0.2) is 30.9 Å². The van der Waals surface area contributed by atoms with Crippen LogP contribution in [0.2, 0.25) is 0 Å². The van der Waals surface area contributed by atoms with Gasteiger partial charge in [-0.15, -0.1) is 21.5 Å². The zero-order valence-corrected chi connectivity index (χ0v) is 19.1. The van der Waals surface area contributed by atoms with Crippen molar-refractivity contribution in [3.63, 3.8) is 0 Å². The van der Waals surface area contributed by atoms with E-state index >= 15 is 0 Å². The minimum atomic E-state index is -0.361. The van der Waals surface area contributed by atoms with E-state index in [-0.39, 0.29) is 17.2 Å². The number of hydrogen-bond acceptors (Lipinski definition) is 7. The molecule has 3 aromatic heterocycles. The molecule has 0 aliphatic heterocycles. The van der Waals surface area contributed by atoms with E-state index in [2.05, 4.69) is 34.3 Å². The number of nitrogens with one attached hydrogen (secondary N) is 1. The molecule has 1 atom stereocenters. The Morgan fingerprint density at radius 2 is 1.97 bits per heavy atom. The molecular weight excluding hydrogens is 418 g/mol. The molecule has 0 saturated heterocycles. The van der Waals surface area contributed by atoms with Crippen molar-refractivity contribution in [2.45, 2.75) is 51.1 Å². The van der Waals surface area contributed by atoms with E-state index in [0.29, 0.717) is 21.9 Å². The van der Waals surface area contributed by atoms with Crippen molar-refractivity contribution >= 4 is 45.1 Å². The topological polar surface area (TPSA) is 85.8 Å². The van der Waals surface area contributed by atoms with Crippen LogP contribution in [0.5, 0.6) is 0 Å². The molecule has 1 amide bonds. The van der Waals surface area contributed by atoms with E-state index in [9.17, 15) is 4.79 Å². The molecule has 0 spiro atoms. The van der Waals surface area contributed by atoms with Crippen LogP contribution in [0.3, 0.4) is 0 Å². The Morgan fingerprint density at radius 3 is 2.63 bits per heavy atom. The maximum Gasteiger partial charge on any atom is 0.239 e. The standard InChI is InChI=1S/C21H23N5O2S2/c1-11(2)26-18(17-10-15-8-6-7-9-16(15)28-17)24-25-21(26)30-14(5)19(27)23-20-22-12(3)13(4)29-20/h6-11,14H,1-5H3,(H,22,23,27)/t14-/m1/s1. The lowest BCUT2D eigenvalue weighted by molar-refractivity contribution is -0.115. The number of thioether (sulfide) groups is 1. The lowest BCUT2D eigenvalue weighted by atomic mass is 10.2. The van der Waals surface area contributed by atoms with Crippen molar-refractivity contribution in [2.24, 2.45) is 0 Å². The van der Waals surface area contributed by atoms with Crippen LogP contribution in [0.15, 0.2) is 39.9 Å². The molecule has 0 saturated carbocycles. The van der Waals surface area contributed by atoms with Gasteiger partial charge in [-0.05, 0) is 46.8 Å². The highest BCUT2D eigenvalue weighted by Gasteiger charge is 2.24. The van der Waals surface area contributed by atoms with Crippen LogP contribution < -0.4 is 5.32 Å². The molecule has 0 fully saturated rings. The first-order chi connectivity index (χ1) is 14.3. The van der Waals surface area contributed by atoms with Gasteiger partial charge in [0.1, 0.15) is 5.58 Å². The molecule has 0 aliphatic rings. The van der Waals surface area contributed by atoms with E-state index in [4.69, 9.17) is 4.42 Å². The highest BCUT2D eigenvalue weighted by molar-refractivity contribution is 8.00. The van der Waals surface area contributed by atoms with Gasteiger partial charge in [0.15, 0.2) is 16.0 Å². The molecule has 1 N–H and O–H groups in total. The third-order valence-electron chi connectivity index (χ3n) is 4.74. The van der Waals surface area contributed by atoms with E-state index in [1.54, 1.807) is 0 Å². The molecule has 7 nitrogen and oxygen atoms in total. The zero-order valence-electron chi connectivity index (χ0n) is 17.5. The summed E-state index contributed by atoms with van der Waals surface area (Å²) >= 11 is 2.85. The second-order valence-corrected chi connectivity index (χ2v) is 9.84. The van der Waals surface area contributed by atoms with Crippen molar-refractivity contribution < 1.29 is 9.21 Å². The van der Waals surface area contributed by atoms with Crippen molar-refractivity contribution in [3.05, 3.63) is 40.9 Å². The summed E-state index contributed by atoms with van der Waals surface area (Å²) < 4.78 is 7.99. The molecule has 1 aromatic carbocycles. The number of para-hydroxylation sites is 1. The van der Waals surface area contributed by atoms with E-state index in [1.165, 1.54) is 23.1 Å². The summed E-state index contributed by atoms with van der Waals surface area (Å²) in [5.74, 6) is 1.20. The Kier molecular flexibility index (Phi) is 5.66. The highest BCUT2D eigenvalue weighted by Crippen LogP contribution is 2.33. The Hall–Kier alpha value is -2.65. The Bertz CT molecular complexity index is 1150. The van der Waals surface area contributed by atoms with Gasteiger partial charge in [-0.1, -0.05) is 30.0 Å². The van der Waals surface area contributed by atoms with Gasteiger partial charge in [0.25, 0.3) is 0 Å². The Labute approximate surface area is 182 Å². The average Bonchev–Trinajstić information content (AvgIpc) is 3.38. The van der Waals surface area contributed by atoms with Crippen LogP contribution in [0, 0.1) is 13.8 Å². The molecule has 0 unspecified atom stereocenters. The first-order valence-corrected chi connectivity index (χ1v) is 11.4. The first kappa shape index (κ1) is 20.6. The van der Waals surface area contributed by atoms with Crippen molar-refractivity contribution in [1.82, 2.24) is 19.7 Å². The van der Waals surface area contributed by atoms with Crippen molar-refractivity contribution in [1.29, 1.82) is 0 Å². The fourth-order valence-corrected chi connectivity index (χ4v) is 4.83. The number of carbonyl (C=O) groups is 1. The molecule has 0 radical (unpaired) electrons. The van der Waals surface area contributed by atoms with Crippen LogP contribution in [0.25, 0.3) is 22.6 Å². The van der Waals surface area contributed by atoms with Gasteiger partial charge >= 0.3 is 0 Å². The normalized spacial score (nSPS) is 12.6. The second kappa shape index (κ2) is 8.23. The first-order valence-electron chi connectivity index (χ1n) is 9.69. The summed E-state index contributed by atoms with van der Waals surface area (Å²) in [7, 11) is 0. The fraction of sp³-hybridized carbons (Fsp3) is 0.333. The number of amides is 1. The van der Waals surface area contributed by atoms with E-state index < -0.39 is 0 Å². The molecule has 30 heavy (non-hydrogen) atoms. The summed E-state index contributed by atoms with van der Waals surface area (Å²) in [4.78, 5) is 18.2. The minimum absolute atomic E-state index is 0.102. The number of hydrogen-bond donors (Lipinski definition) is 1. The van der Waals surface area contributed by atoms with Gasteiger partial charge in [-0.2, -0.15) is 0 Å².